The van der Waals surface area contributed by atoms with Crippen molar-refractivity contribution in [2.45, 2.75) is 26.2 Å². The third-order valence-electron chi connectivity index (χ3n) is 4.87. The molecule has 1 aromatic carbocycles. The van der Waals surface area contributed by atoms with Crippen LogP contribution in [0.3, 0.4) is 0 Å². The minimum atomic E-state index is -0.212. The molecule has 1 aliphatic heterocycles. The van der Waals surface area contributed by atoms with Crippen LogP contribution in [0.1, 0.15) is 36.5 Å². The first-order valence-electron chi connectivity index (χ1n) is 9.67. The summed E-state index contributed by atoms with van der Waals surface area (Å²) < 4.78 is 13.1. The molecule has 0 bridgehead atoms. The van der Waals surface area contributed by atoms with Gasteiger partial charge in [-0.05, 0) is 42.8 Å². The van der Waals surface area contributed by atoms with Gasteiger partial charge in [-0.25, -0.2) is 9.37 Å². The van der Waals surface area contributed by atoms with Gasteiger partial charge >= 0.3 is 0 Å². The molecule has 1 fully saturated rings. The zero-order valence-electron chi connectivity index (χ0n) is 15.8. The van der Waals surface area contributed by atoms with Gasteiger partial charge in [-0.15, -0.1) is 0 Å². The van der Waals surface area contributed by atoms with E-state index in [2.05, 4.69) is 27.0 Å². The molecule has 1 saturated heterocycles. The van der Waals surface area contributed by atoms with Crippen LogP contribution >= 0.6 is 0 Å². The van der Waals surface area contributed by atoms with Crippen molar-refractivity contribution in [2.75, 3.05) is 42.5 Å². The smallest absolute Gasteiger partial charge is 0.252 e. The molecule has 0 radical (unpaired) electrons. The number of halogens is 1. The third-order valence-corrected chi connectivity index (χ3v) is 4.87. The molecule has 144 valence electrons. The summed E-state index contributed by atoms with van der Waals surface area (Å²) in [6, 6.07) is 10.4. The highest BCUT2D eigenvalue weighted by atomic mass is 19.1. The highest BCUT2D eigenvalue weighted by molar-refractivity contribution is 5.94. The van der Waals surface area contributed by atoms with Crippen LogP contribution < -0.4 is 15.1 Å². The van der Waals surface area contributed by atoms with Crippen LogP contribution in [-0.4, -0.2) is 43.6 Å². The number of carbonyl (C=O) groups is 1. The van der Waals surface area contributed by atoms with Crippen LogP contribution in [-0.2, 0) is 0 Å². The van der Waals surface area contributed by atoms with Crippen LogP contribution in [0.25, 0.3) is 0 Å². The summed E-state index contributed by atoms with van der Waals surface area (Å²) in [5.74, 6) is 0.610. The molecule has 3 rings (SSSR count). The first kappa shape index (κ1) is 19.1. The van der Waals surface area contributed by atoms with Gasteiger partial charge < -0.3 is 15.1 Å². The molecule has 2 aromatic rings. The Kier molecular flexibility index (Phi) is 6.63. The predicted molar refractivity (Wildman–Crippen MR) is 107 cm³/mol. The van der Waals surface area contributed by atoms with E-state index < -0.39 is 0 Å². The molecule has 0 saturated carbocycles. The number of piperazine rings is 1. The first-order valence-corrected chi connectivity index (χ1v) is 9.67. The number of rotatable bonds is 7. The predicted octanol–water partition coefficient (Wildman–Crippen LogP) is 3.47. The molecule has 1 aromatic heterocycles. The fourth-order valence-electron chi connectivity index (χ4n) is 3.23. The van der Waals surface area contributed by atoms with E-state index >= 15 is 0 Å². The topological polar surface area (TPSA) is 48.5 Å². The first-order chi connectivity index (χ1) is 13.2. The average Bonchev–Trinajstić information content (AvgIpc) is 2.72. The molecule has 5 nitrogen and oxygen atoms in total. The number of unbranched alkanes of at least 4 members (excludes halogenated alkanes) is 2. The SMILES string of the molecule is CCCCCNC(=O)c1ccc(N2CCN(c3ccc(F)cc3)CC2)nc1. The lowest BCUT2D eigenvalue weighted by atomic mass is 10.2. The minimum absolute atomic E-state index is 0.0636. The number of anilines is 2. The highest BCUT2D eigenvalue weighted by Crippen LogP contribution is 2.19. The Morgan fingerprint density at radius 3 is 2.37 bits per heavy atom. The Morgan fingerprint density at radius 1 is 1.04 bits per heavy atom. The van der Waals surface area contributed by atoms with E-state index in [1.54, 1.807) is 6.20 Å². The summed E-state index contributed by atoms with van der Waals surface area (Å²) in [5, 5.41) is 2.93. The molecule has 0 unspecified atom stereocenters. The van der Waals surface area contributed by atoms with Crippen LogP contribution in [0, 0.1) is 5.82 Å². The van der Waals surface area contributed by atoms with Crippen molar-refractivity contribution >= 4 is 17.4 Å². The van der Waals surface area contributed by atoms with Crippen molar-refractivity contribution in [2.24, 2.45) is 0 Å². The number of amides is 1. The number of aromatic nitrogens is 1. The number of hydrogen-bond acceptors (Lipinski definition) is 4. The van der Waals surface area contributed by atoms with Crippen molar-refractivity contribution in [1.82, 2.24) is 10.3 Å². The summed E-state index contributed by atoms with van der Waals surface area (Å²) in [5.41, 5.74) is 1.64. The molecule has 0 spiro atoms. The third kappa shape index (κ3) is 5.18. The lowest BCUT2D eigenvalue weighted by Gasteiger charge is -2.36. The maximum absolute atomic E-state index is 13.1. The molecule has 2 heterocycles. The quantitative estimate of drug-likeness (QED) is 0.758. The maximum Gasteiger partial charge on any atom is 0.252 e. The molecular weight excluding hydrogens is 343 g/mol. The largest absolute Gasteiger partial charge is 0.368 e. The van der Waals surface area contributed by atoms with E-state index in [1.165, 1.54) is 12.1 Å². The number of nitrogens with one attached hydrogen (secondary N) is 1. The van der Waals surface area contributed by atoms with Gasteiger partial charge in [0.15, 0.2) is 0 Å². The molecule has 27 heavy (non-hydrogen) atoms. The van der Waals surface area contributed by atoms with Gasteiger partial charge in [-0.3, -0.25) is 4.79 Å². The summed E-state index contributed by atoms with van der Waals surface area (Å²) in [6.45, 7) is 6.24. The van der Waals surface area contributed by atoms with Gasteiger partial charge in [-0.1, -0.05) is 19.8 Å². The minimum Gasteiger partial charge on any atom is -0.368 e. The van der Waals surface area contributed by atoms with Gasteiger partial charge in [0.1, 0.15) is 11.6 Å². The van der Waals surface area contributed by atoms with Crippen molar-refractivity contribution in [1.29, 1.82) is 0 Å². The molecule has 1 N–H and O–H groups in total. The summed E-state index contributed by atoms with van der Waals surface area (Å²) in [7, 11) is 0. The van der Waals surface area contributed by atoms with Crippen LogP contribution in [0.15, 0.2) is 42.6 Å². The Bertz CT molecular complexity index is 725. The summed E-state index contributed by atoms with van der Waals surface area (Å²) >= 11 is 0. The van der Waals surface area contributed by atoms with Gasteiger partial charge in [-0.2, -0.15) is 0 Å². The van der Waals surface area contributed by atoms with Crippen LogP contribution in [0.5, 0.6) is 0 Å². The van der Waals surface area contributed by atoms with Gasteiger partial charge in [0.05, 0.1) is 5.56 Å². The van der Waals surface area contributed by atoms with Crippen molar-refractivity contribution < 1.29 is 9.18 Å². The molecule has 6 heteroatoms. The van der Waals surface area contributed by atoms with Gasteiger partial charge in [0.2, 0.25) is 0 Å². The van der Waals surface area contributed by atoms with E-state index in [4.69, 9.17) is 0 Å². The van der Waals surface area contributed by atoms with Crippen LogP contribution in [0.4, 0.5) is 15.9 Å². The number of pyridine rings is 1. The number of carbonyl (C=O) groups excluding carboxylic acids is 1. The second-order valence-electron chi connectivity index (χ2n) is 6.82. The fourth-order valence-corrected chi connectivity index (χ4v) is 3.23. The Morgan fingerprint density at radius 2 is 1.74 bits per heavy atom. The zero-order valence-corrected chi connectivity index (χ0v) is 15.8. The molecule has 0 aliphatic carbocycles. The van der Waals surface area contributed by atoms with Gasteiger partial charge in [0.25, 0.3) is 5.91 Å². The van der Waals surface area contributed by atoms with E-state index in [0.717, 1.165) is 56.9 Å². The fraction of sp³-hybridized carbons (Fsp3) is 0.429. The van der Waals surface area contributed by atoms with E-state index in [0.29, 0.717) is 12.1 Å². The number of nitrogens with zero attached hydrogens (tertiary/aromatic N) is 3. The van der Waals surface area contributed by atoms with Gasteiger partial charge in [0, 0.05) is 44.6 Å². The number of benzene rings is 1. The Labute approximate surface area is 160 Å². The summed E-state index contributed by atoms with van der Waals surface area (Å²) in [6.07, 6.45) is 4.92. The lowest BCUT2D eigenvalue weighted by molar-refractivity contribution is 0.0952. The normalized spacial score (nSPS) is 14.3. The standard InChI is InChI=1S/C21H27FN4O/c1-2-3-4-11-23-21(27)17-5-10-20(24-16-17)26-14-12-25(13-15-26)19-8-6-18(22)7-9-19/h5-10,16H,2-4,11-15H2,1H3,(H,23,27). The van der Waals surface area contributed by atoms with E-state index in [-0.39, 0.29) is 11.7 Å². The maximum atomic E-state index is 13.1. The van der Waals surface area contributed by atoms with E-state index in [9.17, 15) is 9.18 Å². The number of hydrogen-bond donors (Lipinski definition) is 1. The summed E-state index contributed by atoms with van der Waals surface area (Å²) in [4.78, 5) is 21.1. The Hall–Kier alpha value is -2.63. The van der Waals surface area contributed by atoms with Crippen molar-refractivity contribution in [3.8, 4) is 0 Å². The second kappa shape index (κ2) is 9.35. The van der Waals surface area contributed by atoms with E-state index in [1.807, 2.05) is 24.3 Å². The molecule has 1 amide bonds. The highest BCUT2D eigenvalue weighted by Gasteiger charge is 2.18. The van der Waals surface area contributed by atoms with Crippen molar-refractivity contribution in [3.63, 3.8) is 0 Å². The Balaban J connectivity index is 1.51. The lowest BCUT2D eigenvalue weighted by Crippen LogP contribution is -2.46. The molecule has 1 aliphatic rings. The molecule has 0 atom stereocenters. The monoisotopic (exact) mass is 370 g/mol. The second-order valence-corrected chi connectivity index (χ2v) is 6.82. The average molecular weight is 370 g/mol. The van der Waals surface area contributed by atoms with Crippen molar-refractivity contribution in [3.05, 3.63) is 54.0 Å². The molecular formula is C21H27FN4O. The van der Waals surface area contributed by atoms with Crippen LogP contribution in [0.2, 0.25) is 0 Å². The zero-order chi connectivity index (χ0) is 19.1.